The third kappa shape index (κ3) is 3.21. The molecule has 1 aliphatic heterocycles. The normalized spacial score (nSPS) is 14.4. The van der Waals surface area contributed by atoms with Gasteiger partial charge in [0.15, 0.2) is 0 Å². The molecule has 0 unspecified atom stereocenters. The van der Waals surface area contributed by atoms with Gasteiger partial charge in [0.05, 0.1) is 12.3 Å². The zero-order chi connectivity index (χ0) is 10.7. The first-order valence-corrected chi connectivity index (χ1v) is 5.12. The average molecular weight is 246 g/mol. The lowest BCUT2D eigenvalue weighted by Gasteiger charge is -2.10. The molecular weight excluding hydrogens is 230 g/mol. The lowest BCUT2D eigenvalue weighted by Crippen LogP contribution is -2.16. The summed E-state index contributed by atoms with van der Waals surface area (Å²) in [7, 11) is 0. The third-order valence-electron chi connectivity index (χ3n) is 1.96. The van der Waals surface area contributed by atoms with Gasteiger partial charge in [0.1, 0.15) is 12.3 Å². The van der Waals surface area contributed by atoms with E-state index in [1.807, 2.05) is 13.8 Å². The first kappa shape index (κ1) is 13.0. The molecule has 16 heavy (non-hydrogen) atoms. The second-order valence-electron chi connectivity index (χ2n) is 3.65. The van der Waals surface area contributed by atoms with Gasteiger partial charge in [0, 0.05) is 13.1 Å². The van der Waals surface area contributed by atoms with Crippen LogP contribution in [0.5, 0.6) is 11.8 Å². The molecule has 0 amide bonds. The molecule has 0 aliphatic carbocycles. The molecular formula is C10H16ClN3O2. The number of nitrogens with one attached hydrogen (secondary N) is 1. The van der Waals surface area contributed by atoms with Gasteiger partial charge in [0.2, 0.25) is 11.8 Å². The fourth-order valence-corrected chi connectivity index (χ4v) is 1.34. The van der Waals surface area contributed by atoms with Gasteiger partial charge in [-0.1, -0.05) is 0 Å². The predicted molar refractivity (Wildman–Crippen MR) is 62.2 cm³/mol. The Labute approximate surface area is 101 Å². The van der Waals surface area contributed by atoms with E-state index >= 15 is 0 Å². The van der Waals surface area contributed by atoms with E-state index in [1.165, 1.54) is 0 Å². The number of rotatable bonds is 2. The fourth-order valence-electron chi connectivity index (χ4n) is 1.34. The van der Waals surface area contributed by atoms with Gasteiger partial charge in [-0.3, -0.25) is 0 Å². The van der Waals surface area contributed by atoms with Crippen molar-refractivity contribution in [1.29, 1.82) is 0 Å². The number of ether oxygens (including phenoxy) is 2. The number of aromatic nitrogens is 2. The SMILES string of the molecule is CC(C)Oc1cnc2c(n1)OCCNC2.Cl. The number of halogens is 1. The molecule has 2 rings (SSSR count). The monoisotopic (exact) mass is 245 g/mol. The van der Waals surface area contributed by atoms with Crippen LogP contribution in [0.3, 0.4) is 0 Å². The summed E-state index contributed by atoms with van der Waals surface area (Å²) in [6.45, 7) is 6.04. The molecule has 0 aromatic carbocycles. The highest BCUT2D eigenvalue weighted by molar-refractivity contribution is 5.85. The molecule has 0 bridgehead atoms. The van der Waals surface area contributed by atoms with E-state index in [2.05, 4.69) is 15.3 Å². The van der Waals surface area contributed by atoms with E-state index in [0.717, 1.165) is 12.2 Å². The largest absolute Gasteiger partial charge is 0.475 e. The summed E-state index contributed by atoms with van der Waals surface area (Å²) in [6.07, 6.45) is 1.73. The predicted octanol–water partition coefficient (Wildman–Crippen LogP) is 1.17. The highest BCUT2D eigenvalue weighted by atomic mass is 35.5. The van der Waals surface area contributed by atoms with Crippen molar-refractivity contribution in [2.75, 3.05) is 13.2 Å². The summed E-state index contributed by atoms with van der Waals surface area (Å²) in [5, 5.41) is 3.20. The standard InChI is InChI=1S/C10H15N3O2.ClH/c1-7(2)15-9-6-12-8-5-11-3-4-14-10(8)13-9;/h6-7,11H,3-5H2,1-2H3;1H. The Morgan fingerprint density at radius 3 is 3.06 bits per heavy atom. The number of nitrogens with zero attached hydrogens (tertiary/aromatic N) is 2. The summed E-state index contributed by atoms with van der Waals surface area (Å²) in [6, 6.07) is 0. The van der Waals surface area contributed by atoms with Crippen LogP contribution >= 0.6 is 12.4 Å². The van der Waals surface area contributed by atoms with E-state index in [-0.39, 0.29) is 18.5 Å². The van der Waals surface area contributed by atoms with Crippen molar-refractivity contribution in [2.24, 2.45) is 0 Å². The zero-order valence-corrected chi connectivity index (χ0v) is 10.2. The highest BCUT2D eigenvalue weighted by Gasteiger charge is 2.13. The van der Waals surface area contributed by atoms with Gasteiger partial charge in [-0.15, -0.1) is 12.4 Å². The van der Waals surface area contributed by atoms with E-state index in [0.29, 0.717) is 24.9 Å². The summed E-state index contributed by atoms with van der Waals surface area (Å²) >= 11 is 0. The van der Waals surface area contributed by atoms with Crippen LogP contribution in [0.2, 0.25) is 0 Å². The van der Waals surface area contributed by atoms with Crippen LogP contribution in [-0.2, 0) is 6.54 Å². The van der Waals surface area contributed by atoms with Gasteiger partial charge in [-0.05, 0) is 13.8 Å². The van der Waals surface area contributed by atoms with Crippen molar-refractivity contribution in [3.8, 4) is 11.8 Å². The second-order valence-corrected chi connectivity index (χ2v) is 3.65. The lowest BCUT2D eigenvalue weighted by atomic mass is 10.4. The van der Waals surface area contributed by atoms with Crippen LogP contribution in [0.15, 0.2) is 6.20 Å². The minimum absolute atomic E-state index is 0. The van der Waals surface area contributed by atoms with Crippen LogP contribution in [-0.4, -0.2) is 29.2 Å². The smallest absolute Gasteiger partial charge is 0.240 e. The van der Waals surface area contributed by atoms with Gasteiger partial charge in [-0.25, -0.2) is 4.98 Å². The highest BCUT2D eigenvalue weighted by Crippen LogP contribution is 2.19. The molecule has 0 saturated heterocycles. The molecule has 0 radical (unpaired) electrons. The van der Waals surface area contributed by atoms with Crippen molar-refractivity contribution in [3.63, 3.8) is 0 Å². The van der Waals surface area contributed by atoms with Crippen LogP contribution < -0.4 is 14.8 Å². The van der Waals surface area contributed by atoms with E-state index < -0.39 is 0 Å². The van der Waals surface area contributed by atoms with Gasteiger partial charge in [0.25, 0.3) is 0 Å². The molecule has 0 saturated carbocycles. The maximum Gasteiger partial charge on any atom is 0.240 e. The van der Waals surface area contributed by atoms with Crippen LogP contribution in [0, 0.1) is 0 Å². The number of fused-ring (bicyclic) bond motifs is 1. The molecule has 1 aromatic rings. The topological polar surface area (TPSA) is 56.3 Å². The average Bonchev–Trinajstić information content (AvgIpc) is 2.41. The summed E-state index contributed by atoms with van der Waals surface area (Å²) in [5.74, 6) is 1.10. The zero-order valence-electron chi connectivity index (χ0n) is 9.40. The molecule has 2 heterocycles. The molecule has 90 valence electrons. The molecule has 0 atom stereocenters. The molecule has 0 fully saturated rings. The Hall–Kier alpha value is -1.07. The Kier molecular flexibility index (Phi) is 4.76. The third-order valence-corrected chi connectivity index (χ3v) is 1.96. The van der Waals surface area contributed by atoms with Gasteiger partial charge < -0.3 is 14.8 Å². The Morgan fingerprint density at radius 1 is 1.50 bits per heavy atom. The number of hydrogen-bond donors (Lipinski definition) is 1. The van der Waals surface area contributed by atoms with Crippen LogP contribution in [0.1, 0.15) is 19.5 Å². The minimum Gasteiger partial charge on any atom is -0.475 e. The molecule has 6 heteroatoms. The molecule has 1 aliphatic rings. The van der Waals surface area contributed by atoms with Crippen molar-refractivity contribution in [2.45, 2.75) is 26.5 Å². The molecule has 0 spiro atoms. The molecule has 1 aromatic heterocycles. The minimum atomic E-state index is 0. The Balaban J connectivity index is 0.00000128. The fraction of sp³-hybridized carbons (Fsp3) is 0.600. The lowest BCUT2D eigenvalue weighted by molar-refractivity contribution is 0.225. The van der Waals surface area contributed by atoms with E-state index in [1.54, 1.807) is 6.20 Å². The van der Waals surface area contributed by atoms with Crippen molar-refractivity contribution >= 4 is 12.4 Å². The summed E-state index contributed by atoms with van der Waals surface area (Å²) in [4.78, 5) is 8.52. The van der Waals surface area contributed by atoms with Gasteiger partial charge >= 0.3 is 0 Å². The number of hydrogen-bond acceptors (Lipinski definition) is 5. The molecule has 5 nitrogen and oxygen atoms in total. The Bertz CT molecular complexity index is 347. The first-order chi connectivity index (χ1) is 7.25. The summed E-state index contributed by atoms with van der Waals surface area (Å²) < 4.78 is 10.9. The molecule has 1 N–H and O–H groups in total. The van der Waals surface area contributed by atoms with Crippen molar-refractivity contribution < 1.29 is 9.47 Å². The maximum atomic E-state index is 5.45. The quantitative estimate of drug-likeness (QED) is 0.848. The van der Waals surface area contributed by atoms with Gasteiger partial charge in [-0.2, -0.15) is 4.98 Å². The van der Waals surface area contributed by atoms with Crippen molar-refractivity contribution in [1.82, 2.24) is 15.3 Å². The van der Waals surface area contributed by atoms with E-state index in [4.69, 9.17) is 9.47 Å². The van der Waals surface area contributed by atoms with Crippen LogP contribution in [0.4, 0.5) is 0 Å². The van der Waals surface area contributed by atoms with Crippen molar-refractivity contribution in [3.05, 3.63) is 11.9 Å². The van der Waals surface area contributed by atoms with Crippen LogP contribution in [0.25, 0.3) is 0 Å². The first-order valence-electron chi connectivity index (χ1n) is 5.12. The van der Waals surface area contributed by atoms with E-state index in [9.17, 15) is 0 Å². The summed E-state index contributed by atoms with van der Waals surface area (Å²) in [5.41, 5.74) is 0.837. The Morgan fingerprint density at radius 2 is 2.31 bits per heavy atom. The second kappa shape index (κ2) is 5.86. The maximum absolute atomic E-state index is 5.45.